The van der Waals surface area contributed by atoms with E-state index in [1.54, 1.807) is 13.8 Å². The molecule has 58 valence electrons. The molecule has 1 rings (SSSR count). The van der Waals surface area contributed by atoms with Crippen molar-refractivity contribution in [3.8, 4) is 0 Å². The van der Waals surface area contributed by atoms with Crippen molar-refractivity contribution >= 4 is 6.08 Å². The van der Waals surface area contributed by atoms with Crippen molar-refractivity contribution in [1.82, 2.24) is 20.6 Å². The topological polar surface area (TPSA) is 83.9 Å². The van der Waals surface area contributed by atoms with Gasteiger partial charge in [0.25, 0.3) is 0 Å². The lowest BCUT2D eigenvalue weighted by molar-refractivity contribution is 0.499. The minimum atomic E-state index is -0.741. The highest BCUT2D eigenvalue weighted by Gasteiger charge is 2.24. The fraction of sp³-hybridized carbons (Fsp3) is 0.600. The summed E-state index contributed by atoms with van der Waals surface area (Å²) in [5.74, 6) is 0.376. The molecule has 0 amide bonds. The van der Waals surface area contributed by atoms with E-state index in [1.807, 2.05) is 0 Å². The molecule has 0 radical (unpaired) electrons. The number of aromatic amines is 1. The summed E-state index contributed by atoms with van der Waals surface area (Å²) in [4.78, 5) is 13.4. The van der Waals surface area contributed by atoms with Crippen LogP contribution < -0.4 is 0 Å². The van der Waals surface area contributed by atoms with E-state index in [2.05, 4.69) is 25.6 Å². The minimum Gasteiger partial charge on any atom is -0.211 e. The van der Waals surface area contributed by atoms with Crippen LogP contribution in [0.1, 0.15) is 19.7 Å². The lowest BCUT2D eigenvalue weighted by Gasteiger charge is -2.09. The van der Waals surface area contributed by atoms with Crippen molar-refractivity contribution in [2.75, 3.05) is 0 Å². The van der Waals surface area contributed by atoms with E-state index in [1.165, 1.54) is 6.08 Å². The summed E-state index contributed by atoms with van der Waals surface area (Å²) < 4.78 is 0. The SMILES string of the molecule is CC(C)(N=C=O)c1nn[nH]n1. The fourth-order valence-corrected chi connectivity index (χ4v) is 0.585. The summed E-state index contributed by atoms with van der Waals surface area (Å²) in [5.41, 5.74) is -0.741. The molecule has 0 aliphatic rings. The molecule has 0 aliphatic heterocycles. The van der Waals surface area contributed by atoms with Gasteiger partial charge in [-0.05, 0) is 13.8 Å². The van der Waals surface area contributed by atoms with Gasteiger partial charge in [-0.1, -0.05) is 5.21 Å². The van der Waals surface area contributed by atoms with Crippen LogP contribution in [0.15, 0.2) is 4.99 Å². The molecule has 0 atom stereocenters. The second-order valence-electron chi connectivity index (χ2n) is 2.50. The first-order valence-corrected chi connectivity index (χ1v) is 3.00. The van der Waals surface area contributed by atoms with Gasteiger partial charge in [-0.2, -0.15) is 10.2 Å². The molecule has 1 aromatic rings. The summed E-state index contributed by atoms with van der Waals surface area (Å²) >= 11 is 0. The predicted molar refractivity (Wildman–Crippen MR) is 35.3 cm³/mol. The first-order chi connectivity index (χ1) is 5.17. The maximum Gasteiger partial charge on any atom is 0.235 e. The number of carbonyl (C=O) groups excluding carboxylic acids is 1. The third kappa shape index (κ3) is 1.47. The number of nitrogens with one attached hydrogen (secondary N) is 1. The highest BCUT2D eigenvalue weighted by atomic mass is 16.1. The Hall–Kier alpha value is -1.55. The van der Waals surface area contributed by atoms with Gasteiger partial charge in [0.15, 0.2) is 0 Å². The van der Waals surface area contributed by atoms with Crippen LogP contribution in [0, 0.1) is 0 Å². The van der Waals surface area contributed by atoms with Gasteiger partial charge in [0, 0.05) is 0 Å². The van der Waals surface area contributed by atoms with Gasteiger partial charge < -0.3 is 0 Å². The van der Waals surface area contributed by atoms with Crippen molar-refractivity contribution in [3.63, 3.8) is 0 Å². The summed E-state index contributed by atoms with van der Waals surface area (Å²) in [6, 6.07) is 0. The summed E-state index contributed by atoms with van der Waals surface area (Å²) in [6.07, 6.45) is 1.45. The van der Waals surface area contributed by atoms with Gasteiger partial charge in [-0.3, -0.25) is 0 Å². The molecule has 1 heterocycles. The van der Waals surface area contributed by atoms with Gasteiger partial charge in [0.05, 0.1) is 0 Å². The van der Waals surface area contributed by atoms with Crippen LogP contribution in [-0.4, -0.2) is 26.7 Å². The standard InChI is InChI=1S/C5H7N5O/c1-5(2,6-3-11)4-7-9-10-8-4/h1-2H3,(H,7,8,9,10). The molecule has 0 bridgehead atoms. The molecule has 0 unspecified atom stereocenters. The molecule has 0 saturated carbocycles. The van der Waals surface area contributed by atoms with Crippen molar-refractivity contribution in [1.29, 1.82) is 0 Å². The Kier molecular flexibility index (Phi) is 1.78. The third-order valence-electron chi connectivity index (χ3n) is 1.22. The van der Waals surface area contributed by atoms with Crippen LogP contribution in [0.3, 0.4) is 0 Å². The molecule has 1 aromatic heterocycles. The zero-order valence-corrected chi connectivity index (χ0v) is 6.20. The highest BCUT2D eigenvalue weighted by Crippen LogP contribution is 2.18. The molecule has 6 heteroatoms. The molecule has 0 aliphatic carbocycles. The first kappa shape index (κ1) is 7.56. The first-order valence-electron chi connectivity index (χ1n) is 3.00. The van der Waals surface area contributed by atoms with Gasteiger partial charge in [-0.15, -0.1) is 10.2 Å². The van der Waals surface area contributed by atoms with E-state index in [-0.39, 0.29) is 0 Å². The maximum atomic E-state index is 9.94. The Labute approximate surface area is 62.7 Å². The average Bonchev–Trinajstić information content (AvgIpc) is 2.37. The largest absolute Gasteiger partial charge is 0.235 e. The molecule has 11 heavy (non-hydrogen) atoms. The molecule has 1 N–H and O–H groups in total. The number of isocyanates is 1. The zero-order chi connectivity index (χ0) is 8.32. The van der Waals surface area contributed by atoms with Gasteiger partial charge >= 0.3 is 0 Å². The predicted octanol–water partition coefficient (Wildman–Crippen LogP) is -0.229. The normalized spacial score (nSPS) is 10.7. The smallest absolute Gasteiger partial charge is 0.211 e. The minimum absolute atomic E-state index is 0.376. The average molecular weight is 153 g/mol. The fourth-order valence-electron chi connectivity index (χ4n) is 0.585. The van der Waals surface area contributed by atoms with E-state index in [0.717, 1.165) is 0 Å². The summed E-state index contributed by atoms with van der Waals surface area (Å²) in [7, 11) is 0. The van der Waals surface area contributed by atoms with Crippen LogP contribution in [-0.2, 0) is 10.3 Å². The number of hydrogen-bond acceptors (Lipinski definition) is 5. The molecular formula is C5H7N5O. The second-order valence-corrected chi connectivity index (χ2v) is 2.50. The van der Waals surface area contributed by atoms with Crippen LogP contribution in [0.5, 0.6) is 0 Å². The van der Waals surface area contributed by atoms with E-state index in [4.69, 9.17) is 0 Å². The summed E-state index contributed by atoms with van der Waals surface area (Å²) in [6.45, 7) is 3.39. The number of nitrogens with zero attached hydrogens (tertiary/aromatic N) is 4. The monoisotopic (exact) mass is 153 g/mol. The molecule has 0 saturated heterocycles. The van der Waals surface area contributed by atoms with Crippen LogP contribution in [0.4, 0.5) is 0 Å². The van der Waals surface area contributed by atoms with E-state index >= 15 is 0 Å². The van der Waals surface area contributed by atoms with E-state index in [0.29, 0.717) is 5.82 Å². The van der Waals surface area contributed by atoms with Gasteiger partial charge in [-0.25, -0.2) is 4.79 Å². The number of aromatic nitrogens is 4. The Balaban J connectivity index is 2.99. The number of aliphatic imine (C=N–C) groups is 1. The maximum absolute atomic E-state index is 9.94. The quantitative estimate of drug-likeness (QED) is 0.469. The van der Waals surface area contributed by atoms with Gasteiger partial charge in [0.1, 0.15) is 5.54 Å². The molecular weight excluding hydrogens is 146 g/mol. The Morgan fingerprint density at radius 2 is 2.36 bits per heavy atom. The Bertz CT molecular complexity index is 271. The third-order valence-corrected chi connectivity index (χ3v) is 1.22. The molecule has 6 nitrogen and oxygen atoms in total. The van der Waals surface area contributed by atoms with Crippen molar-refractivity contribution in [3.05, 3.63) is 5.82 Å². The Morgan fingerprint density at radius 1 is 1.64 bits per heavy atom. The lowest BCUT2D eigenvalue weighted by Crippen LogP contribution is -2.15. The Morgan fingerprint density at radius 3 is 2.82 bits per heavy atom. The summed E-state index contributed by atoms with van der Waals surface area (Å²) in [5, 5.41) is 13.0. The van der Waals surface area contributed by atoms with Crippen molar-refractivity contribution in [2.45, 2.75) is 19.4 Å². The van der Waals surface area contributed by atoms with Crippen LogP contribution in [0.25, 0.3) is 0 Å². The van der Waals surface area contributed by atoms with Crippen LogP contribution >= 0.6 is 0 Å². The van der Waals surface area contributed by atoms with Crippen molar-refractivity contribution < 1.29 is 4.79 Å². The molecule has 0 aromatic carbocycles. The number of tetrazole rings is 1. The number of rotatable bonds is 2. The van der Waals surface area contributed by atoms with E-state index in [9.17, 15) is 4.79 Å². The van der Waals surface area contributed by atoms with Crippen molar-refractivity contribution in [2.24, 2.45) is 4.99 Å². The van der Waals surface area contributed by atoms with Gasteiger partial charge in [0.2, 0.25) is 11.9 Å². The van der Waals surface area contributed by atoms with E-state index < -0.39 is 5.54 Å². The van der Waals surface area contributed by atoms with Crippen LogP contribution in [0.2, 0.25) is 0 Å². The number of hydrogen-bond donors (Lipinski definition) is 1. The number of H-pyrrole nitrogens is 1. The highest BCUT2D eigenvalue weighted by molar-refractivity contribution is 5.35. The second kappa shape index (κ2) is 2.59. The lowest BCUT2D eigenvalue weighted by atomic mass is 10.1. The zero-order valence-electron chi connectivity index (χ0n) is 6.20. The molecule has 0 fully saturated rings. The molecule has 0 spiro atoms.